The van der Waals surface area contributed by atoms with Gasteiger partial charge in [0.25, 0.3) is 0 Å². The van der Waals surface area contributed by atoms with Gasteiger partial charge in [-0.05, 0) is 5.56 Å². The van der Waals surface area contributed by atoms with Crippen LogP contribution in [0.2, 0.25) is 0 Å². The first kappa shape index (κ1) is 19.7. The lowest BCUT2D eigenvalue weighted by Gasteiger charge is -2.16. The standard InChI is InChI=1S/C17H19N5O6S/c18-17-20-14-11(15(21-17)29(26,27)7-9-4-2-1-3-5-9)19-8-22(14)16-13(25)12(24)10(6-23)28-16/h1-5,8,10,12-13,16,23-25H,6-7H2,(H2,18,20,21)/t10-,12-,13-,16-/m1/s1. The second-order valence-electron chi connectivity index (χ2n) is 6.68. The Hall–Kier alpha value is -2.64. The number of hydrogen-bond donors (Lipinski definition) is 4. The van der Waals surface area contributed by atoms with Crippen molar-refractivity contribution in [3.05, 3.63) is 42.2 Å². The number of imidazole rings is 1. The summed E-state index contributed by atoms with van der Waals surface area (Å²) in [6.45, 7) is -0.505. The summed E-state index contributed by atoms with van der Waals surface area (Å²) in [6, 6.07) is 8.59. The monoisotopic (exact) mass is 421 g/mol. The van der Waals surface area contributed by atoms with Gasteiger partial charge in [0.1, 0.15) is 23.8 Å². The molecule has 5 N–H and O–H groups in total. The Labute approximate surface area is 165 Å². The van der Waals surface area contributed by atoms with E-state index in [0.717, 1.165) is 0 Å². The van der Waals surface area contributed by atoms with Crippen molar-refractivity contribution in [2.75, 3.05) is 12.3 Å². The van der Waals surface area contributed by atoms with Gasteiger partial charge in [-0.3, -0.25) is 4.57 Å². The van der Waals surface area contributed by atoms with Gasteiger partial charge in [-0.25, -0.2) is 13.4 Å². The van der Waals surface area contributed by atoms with E-state index >= 15 is 0 Å². The number of ether oxygens (including phenoxy) is 1. The van der Waals surface area contributed by atoms with Crippen LogP contribution in [0.15, 0.2) is 41.7 Å². The number of aromatic nitrogens is 4. The molecule has 154 valence electrons. The highest BCUT2D eigenvalue weighted by Crippen LogP contribution is 2.32. The zero-order valence-corrected chi connectivity index (χ0v) is 15.8. The van der Waals surface area contributed by atoms with E-state index in [0.29, 0.717) is 5.56 Å². The maximum absolute atomic E-state index is 13.0. The maximum Gasteiger partial charge on any atom is 0.223 e. The smallest absolute Gasteiger partial charge is 0.223 e. The molecule has 1 aliphatic rings. The predicted molar refractivity (Wildman–Crippen MR) is 100 cm³/mol. The molecule has 4 rings (SSSR count). The third-order valence-electron chi connectivity index (χ3n) is 4.69. The number of fused-ring (bicyclic) bond motifs is 1. The molecule has 0 unspecified atom stereocenters. The van der Waals surface area contributed by atoms with Crippen LogP contribution in [0.4, 0.5) is 5.95 Å². The van der Waals surface area contributed by atoms with Crippen LogP contribution >= 0.6 is 0 Å². The molecule has 12 heteroatoms. The molecule has 0 bridgehead atoms. The zero-order valence-electron chi connectivity index (χ0n) is 15.0. The van der Waals surface area contributed by atoms with Crippen LogP contribution < -0.4 is 5.73 Å². The highest BCUT2D eigenvalue weighted by Gasteiger charge is 2.44. The summed E-state index contributed by atoms with van der Waals surface area (Å²) in [7, 11) is -3.91. The SMILES string of the molecule is Nc1nc(S(=O)(=O)Cc2ccccc2)c2ncn([C@@H]3O[C@H](CO)[C@@H](O)[C@H]3O)c2n1. The Kier molecular flexibility index (Phi) is 4.96. The lowest BCUT2D eigenvalue weighted by Crippen LogP contribution is -2.33. The summed E-state index contributed by atoms with van der Waals surface area (Å²) >= 11 is 0. The van der Waals surface area contributed by atoms with E-state index in [9.17, 15) is 23.7 Å². The first-order valence-corrected chi connectivity index (χ1v) is 10.4. The van der Waals surface area contributed by atoms with Gasteiger partial charge in [0.05, 0.1) is 18.7 Å². The van der Waals surface area contributed by atoms with E-state index in [-0.39, 0.29) is 27.9 Å². The minimum Gasteiger partial charge on any atom is -0.394 e. The fraction of sp³-hybridized carbons (Fsp3) is 0.353. The van der Waals surface area contributed by atoms with Crippen molar-refractivity contribution in [1.29, 1.82) is 0 Å². The number of aliphatic hydroxyl groups excluding tert-OH is 3. The number of nitrogens with two attached hydrogens (primary N) is 1. The number of nitrogens with zero attached hydrogens (tertiary/aromatic N) is 4. The van der Waals surface area contributed by atoms with E-state index in [4.69, 9.17) is 10.5 Å². The number of nitrogen functional groups attached to an aromatic ring is 1. The second kappa shape index (κ2) is 7.31. The van der Waals surface area contributed by atoms with E-state index in [2.05, 4.69) is 15.0 Å². The summed E-state index contributed by atoms with van der Waals surface area (Å²) < 4.78 is 32.7. The Bertz CT molecular complexity index is 1140. The first-order chi connectivity index (χ1) is 13.8. The predicted octanol–water partition coefficient (Wildman–Crippen LogP) is -1.01. The van der Waals surface area contributed by atoms with Crippen molar-refractivity contribution in [2.24, 2.45) is 0 Å². The zero-order chi connectivity index (χ0) is 20.8. The van der Waals surface area contributed by atoms with E-state index in [1.165, 1.54) is 10.9 Å². The van der Waals surface area contributed by atoms with Crippen LogP contribution in [0.1, 0.15) is 11.8 Å². The van der Waals surface area contributed by atoms with Crippen molar-refractivity contribution < 1.29 is 28.5 Å². The van der Waals surface area contributed by atoms with Crippen molar-refractivity contribution in [2.45, 2.75) is 35.3 Å². The van der Waals surface area contributed by atoms with Crippen LogP contribution in [0.5, 0.6) is 0 Å². The molecule has 0 aliphatic carbocycles. The highest BCUT2D eigenvalue weighted by molar-refractivity contribution is 7.90. The quantitative estimate of drug-likeness (QED) is 0.374. The molecule has 0 radical (unpaired) electrons. The molecule has 0 amide bonds. The molecular weight excluding hydrogens is 402 g/mol. The second-order valence-corrected chi connectivity index (χ2v) is 8.59. The minimum absolute atomic E-state index is 0.0268. The Balaban J connectivity index is 1.78. The number of hydrogen-bond acceptors (Lipinski definition) is 10. The fourth-order valence-corrected chi connectivity index (χ4v) is 4.72. The summed E-state index contributed by atoms with van der Waals surface area (Å²) in [5.41, 5.74) is 6.30. The van der Waals surface area contributed by atoms with Gasteiger partial charge in [0.15, 0.2) is 16.9 Å². The third kappa shape index (κ3) is 3.45. The van der Waals surface area contributed by atoms with E-state index < -0.39 is 41.0 Å². The van der Waals surface area contributed by atoms with Crippen molar-refractivity contribution in [3.8, 4) is 0 Å². The number of aliphatic hydroxyl groups is 3. The van der Waals surface area contributed by atoms with Crippen molar-refractivity contribution in [1.82, 2.24) is 19.5 Å². The molecule has 2 aromatic heterocycles. The summed E-state index contributed by atoms with van der Waals surface area (Å²) in [6.07, 6.45) is -3.63. The molecular formula is C17H19N5O6S. The van der Waals surface area contributed by atoms with Gasteiger partial charge < -0.3 is 25.8 Å². The number of benzene rings is 1. The van der Waals surface area contributed by atoms with E-state index in [1.54, 1.807) is 30.3 Å². The average Bonchev–Trinajstić information content (AvgIpc) is 3.22. The molecule has 29 heavy (non-hydrogen) atoms. The first-order valence-electron chi connectivity index (χ1n) is 8.71. The third-order valence-corrected chi connectivity index (χ3v) is 6.28. The maximum atomic E-state index is 13.0. The van der Waals surface area contributed by atoms with Crippen molar-refractivity contribution >= 4 is 26.9 Å². The van der Waals surface area contributed by atoms with E-state index in [1.807, 2.05) is 0 Å². The van der Waals surface area contributed by atoms with Gasteiger partial charge in [0, 0.05) is 0 Å². The number of rotatable bonds is 5. The Morgan fingerprint density at radius 2 is 1.86 bits per heavy atom. The average molecular weight is 421 g/mol. The van der Waals surface area contributed by atoms with Crippen LogP contribution in [0.25, 0.3) is 11.2 Å². The molecule has 1 aromatic carbocycles. The lowest BCUT2D eigenvalue weighted by atomic mass is 10.1. The molecule has 0 spiro atoms. The van der Waals surface area contributed by atoms with Gasteiger partial charge in [0.2, 0.25) is 15.8 Å². The molecule has 3 aromatic rings. The topological polar surface area (TPSA) is 174 Å². The van der Waals surface area contributed by atoms with Gasteiger partial charge in [-0.1, -0.05) is 30.3 Å². The van der Waals surface area contributed by atoms with Crippen LogP contribution in [-0.4, -0.2) is 68.2 Å². The lowest BCUT2D eigenvalue weighted by molar-refractivity contribution is -0.0511. The molecule has 4 atom stereocenters. The van der Waals surface area contributed by atoms with Gasteiger partial charge >= 0.3 is 0 Å². The minimum atomic E-state index is -3.91. The summed E-state index contributed by atoms with van der Waals surface area (Å²) in [4.78, 5) is 12.0. The molecule has 3 heterocycles. The molecule has 1 fully saturated rings. The van der Waals surface area contributed by atoms with Gasteiger partial charge in [-0.2, -0.15) is 9.97 Å². The largest absolute Gasteiger partial charge is 0.394 e. The molecule has 1 saturated heterocycles. The highest BCUT2D eigenvalue weighted by atomic mass is 32.2. The Morgan fingerprint density at radius 3 is 2.52 bits per heavy atom. The van der Waals surface area contributed by atoms with Crippen LogP contribution in [0, 0.1) is 0 Å². The van der Waals surface area contributed by atoms with Gasteiger partial charge in [-0.15, -0.1) is 0 Å². The molecule has 11 nitrogen and oxygen atoms in total. The molecule has 1 aliphatic heterocycles. The van der Waals surface area contributed by atoms with Crippen LogP contribution in [-0.2, 0) is 20.3 Å². The summed E-state index contributed by atoms with van der Waals surface area (Å²) in [5, 5.41) is 29.2. The normalized spacial score (nSPS) is 24.9. The van der Waals surface area contributed by atoms with Crippen LogP contribution in [0.3, 0.4) is 0 Å². The summed E-state index contributed by atoms with van der Waals surface area (Å²) in [5.74, 6) is -0.599. The van der Waals surface area contributed by atoms with Crippen molar-refractivity contribution in [3.63, 3.8) is 0 Å². The fourth-order valence-electron chi connectivity index (χ4n) is 3.28. The Morgan fingerprint density at radius 1 is 1.14 bits per heavy atom. The molecule has 0 saturated carbocycles. The number of sulfone groups is 1. The number of anilines is 1.